The first kappa shape index (κ1) is 32.2. The molecule has 0 aliphatic heterocycles. The first-order valence-corrected chi connectivity index (χ1v) is 16.3. The number of amides is 2. The first-order valence-electron chi connectivity index (χ1n) is 15.5. The zero-order chi connectivity index (χ0) is 33.3. The molecule has 1 saturated carbocycles. The minimum atomic E-state index is -4.75. The van der Waals surface area contributed by atoms with E-state index < -0.39 is 6.36 Å². The number of alkyl halides is 3. The van der Waals surface area contributed by atoms with Crippen molar-refractivity contribution >= 4 is 17.4 Å². The van der Waals surface area contributed by atoms with Crippen LogP contribution in [0.1, 0.15) is 67.3 Å². The van der Waals surface area contributed by atoms with Gasteiger partial charge in [0.1, 0.15) is 12.1 Å². The fourth-order valence-electron chi connectivity index (χ4n) is 6.11. The van der Waals surface area contributed by atoms with E-state index in [-0.39, 0.29) is 23.7 Å². The Balaban J connectivity index is 1.16. The summed E-state index contributed by atoms with van der Waals surface area (Å²) in [6.07, 6.45) is -0.429. The van der Waals surface area contributed by atoms with Gasteiger partial charge in [-0.3, -0.25) is 4.57 Å². The van der Waals surface area contributed by atoms with Gasteiger partial charge in [0.25, 0.3) is 0 Å². The summed E-state index contributed by atoms with van der Waals surface area (Å²) in [4.78, 5) is 22.9. The predicted molar refractivity (Wildman–Crippen MR) is 175 cm³/mol. The van der Waals surface area contributed by atoms with E-state index in [1.165, 1.54) is 52.2 Å². The molecule has 244 valence electrons. The Hall–Kier alpha value is -4.71. The minimum absolute atomic E-state index is 0.0431. The maximum atomic E-state index is 13.3. The Morgan fingerprint density at radius 1 is 1.04 bits per heavy atom. The summed E-state index contributed by atoms with van der Waals surface area (Å²) >= 11 is 1.46. The molecule has 2 aromatic heterocycles. The smallest absolute Gasteiger partial charge is 0.406 e. The number of carbonyl (C=O) groups excluding carboxylic acids is 1. The van der Waals surface area contributed by atoms with Crippen molar-refractivity contribution in [2.75, 3.05) is 0 Å². The number of carbonyl (C=O) groups is 1. The summed E-state index contributed by atoms with van der Waals surface area (Å²) in [6.45, 7) is 8.43. The number of hydrogen-bond acceptors (Lipinski definition) is 5. The quantitative estimate of drug-likeness (QED) is 0.190. The maximum Gasteiger partial charge on any atom is 0.573 e. The molecular weight excluding hydrogens is 625 g/mol. The number of urea groups is 1. The topological polar surface area (TPSA) is 86.3 Å². The van der Waals surface area contributed by atoms with Gasteiger partial charge in [0.05, 0.1) is 11.4 Å². The van der Waals surface area contributed by atoms with Gasteiger partial charge in [-0.05, 0) is 79.6 Å². The molecule has 2 heterocycles. The summed E-state index contributed by atoms with van der Waals surface area (Å²) < 4.78 is 44.9. The number of rotatable bonds is 7. The summed E-state index contributed by atoms with van der Waals surface area (Å²) in [5, 5.41) is 9.71. The number of nitrogens with zero attached hydrogens (tertiary/aromatic N) is 5. The number of thiazole rings is 1. The van der Waals surface area contributed by atoms with Crippen LogP contribution in [-0.4, -0.2) is 37.8 Å². The Labute approximate surface area is 274 Å². The van der Waals surface area contributed by atoms with Crippen molar-refractivity contribution in [3.63, 3.8) is 0 Å². The van der Waals surface area contributed by atoms with Crippen molar-refractivity contribution in [3.8, 4) is 28.5 Å². The molecule has 1 N–H and O–H groups in total. The molecule has 2 atom stereocenters. The molecule has 1 aliphatic rings. The number of hydrogen-bond donors (Lipinski definition) is 1. The Morgan fingerprint density at radius 2 is 1.79 bits per heavy atom. The summed E-state index contributed by atoms with van der Waals surface area (Å²) in [7, 11) is 0. The van der Waals surface area contributed by atoms with Crippen molar-refractivity contribution in [1.29, 1.82) is 0 Å². The fraction of sp³-hybridized carbons (Fsp3) is 0.314. The normalized spacial score (nSPS) is 17.0. The van der Waals surface area contributed by atoms with Gasteiger partial charge in [-0.25, -0.2) is 14.5 Å². The van der Waals surface area contributed by atoms with Gasteiger partial charge in [0.15, 0.2) is 10.6 Å². The highest BCUT2D eigenvalue weighted by molar-refractivity contribution is 7.07. The zero-order valence-corrected chi connectivity index (χ0v) is 27.3. The van der Waals surface area contributed by atoms with Crippen LogP contribution in [0.2, 0.25) is 0 Å². The molecule has 0 radical (unpaired) electrons. The van der Waals surface area contributed by atoms with Crippen LogP contribution in [0.15, 0.2) is 83.4 Å². The van der Waals surface area contributed by atoms with E-state index in [9.17, 15) is 18.0 Å². The van der Waals surface area contributed by atoms with Crippen molar-refractivity contribution in [1.82, 2.24) is 24.6 Å². The van der Waals surface area contributed by atoms with Crippen LogP contribution < -0.4 is 14.9 Å². The van der Waals surface area contributed by atoms with E-state index in [4.69, 9.17) is 0 Å². The van der Waals surface area contributed by atoms with Gasteiger partial charge in [-0.15, -0.1) is 29.6 Å². The van der Waals surface area contributed by atoms with Gasteiger partial charge in [-0.1, -0.05) is 56.7 Å². The summed E-state index contributed by atoms with van der Waals surface area (Å²) in [5.74, 6) is 0.641. The molecule has 0 bridgehead atoms. The zero-order valence-electron chi connectivity index (χ0n) is 26.5. The van der Waals surface area contributed by atoms with Crippen LogP contribution in [0.3, 0.4) is 0 Å². The standard InChI is InChI=1S/C35H35F3N6O2S/c1-21(2)28-17-8-22(3)18-31(28)44-23(4)19-47-34(44)41-33(45)40-30-7-5-6-29(30)24-9-11-25(12-10-24)32-39-20-43(42-32)26-13-15-27(16-14-26)46-35(36,37)38/h8-21,29-30H,5-7H2,1-4H3,(H,40,45)/b41-34-. The lowest BCUT2D eigenvalue weighted by Gasteiger charge is -2.20. The first-order chi connectivity index (χ1) is 22.4. The molecule has 1 fully saturated rings. The molecule has 5 aromatic rings. The number of ether oxygens (including phenoxy) is 1. The Bertz CT molecular complexity index is 1940. The number of halogens is 3. The van der Waals surface area contributed by atoms with Crippen molar-refractivity contribution in [2.24, 2.45) is 4.99 Å². The lowest BCUT2D eigenvalue weighted by atomic mass is 9.93. The molecule has 1 aliphatic carbocycles. The number of aryl methyl sites for hydroxylation is 2. The van der Waals surface area contributed by atoms with Crippen LogP contribution in [-0.2, 0) is 0 Å². The van der Waals surface area contributed by atoms with Crippen molar-refractivity contribution < 1.29 is 22.7 Å². The van der Waals surface area contributed by atoms with Crippen molar-refractivity contribution in [2.45, 2.75) is 71.2 Å². The highest BCUT2D eigenvalue weighted by Crippen LogP contribution is 2.35. The maximum absolute atomic E-state index is 13.3. The van der Waals surface area contributed by atoms with E-state index >= 15 is 0 Å². The second-order valence-electron chi connectivity index (χ2n) is 12.1. The second-order valence-corrected chi connectivity index (χ2v) is 12.9. The highest BCUT2D eigenvalue weighted by Gasteiger charge is 2.31. The SMILES string of the molecule is Cc1ccc(C(C)C)c(-n2c(C)cs/c2=N\C(=O)NC2CCCC2c2ccc(-c3ncn(-c4ccc(OC(F)(F)F)cc4)n3)cc2)c1. The number of benzene rings is 3. The molecule has 12 heteroatoms. The molecule has 0 spiro atoms. The molecule has 47 heavy (non-hydrogen) atoms. The summed E-state index contributed by atoms with van der Waals surface area (Å²) in [6, 6.07) is 19.4. The van der Waals surface area contributed by atoms with Gasteiger partial charge < -0.3 is 10.1 Å². The third-order valence-corrected chi connectivity index (χ3v) is 9.32. The van der Waals surface area contributed by atoms with Crippen LogP contribution in [0.4, 0.5) is 18.0 Å². The largest absolute Gasteiger partial charge is 0.573 e. The molecule has 6 rings (SSSR count). The van der Waals surface area contributed by atoms with Gasteiger partial charge in [0.2, 0.25) is 0 Å². The van der Waals surface area contributed by atoms with E-state index in [0.717, 1.165) is 47.3 Å². The van der Waals surface area contributed by atoms with E-state index in [2.05, 4.69) is 68.7 Å². The van der Waals surface area contributed by atoms with Crippen LogP contribution >= 0.6 is 11.3 Å². The Morgan fingerprint density at radius 3 is 2.49 bits per heavy atom. The number of aromatic nitrogens is 4. The van der Waals surface area contributed by atoms with E-state index in [0.29, 0.717) is 22.2 Å². The van der Waals surface area contributed by atoms with Gasteiger partial charge in [0, 0.05) is 28.6 Å². The van der Waals surface area contributed by atoms with Crippen LogP contribution in [0.5, 0.6) is 5.75 Å². The highest BCUT2D eigenvalue weighted by atomic mass is 32.1. The monoisotopic (exact) mass is 660 g/mol. The van der Waals surface area contributed by atoms with Crippen LogP contribution in [0.25, 0.3) is 22.8 Å². The lowest BCUT2D eigenvalue weighted by molar-refractivity contribution is -0.274. The molecular formula is C35H35F3N6O2S. The third kappa shape index (κ3) is 7.32. The number of nitrogens with one attached hydrogen (secondary N) is 1. The average molecular weight is 661 g/mol. The minimum Gasteiger partial charge on any atom is -0.406 e. The predicted octanol–water partition coefficient (Wildman–Crippen LogP) is 8.37. The van der Waals surface area contributed by atoms with Gasteiger partial charge in [-0.2, -0.15) is 4.99 Å². The molecule has 0 saturated heterocycles. The van der Waals surface area contributed by atoms with Crippen molar-refractivity contribution in [3.05, 3.63) is 106 Å². The fourth-order valence-corrected chi connectivity index (χ4v) is 6.97. The van der Waals surface area contributed by atoms with Gasteiger partial charge >= 0.3 is 12.4 Å². The Kier molecular flexibility index (Phi) is 9.05. The molecule has 2 unspecified atom stereocenters. The summed E-state index contributed by atoms with van der Waals surface area (Å²) in [5.41, 5.74) is 6.89. The molecule has 3 aromatic carbocycles. The second kappa shape index (κ2) is 13.2. The van der Waals surface area contributed by atoms with E-state index in [1.54, 1.807) is 0 Å². The van der Waals surface area contributed by atoms with Crippen LogP contribution in [0, 0.1) is 13.8 Å². The average Bonchev–Trinajstić information content (AvgIpc) is 3.77. The molecule has 8 nitrogen and oxygen atoms in total. The lowest BCUT2D eigenvalue weighted by Crippen LogP contribution is -2.36. The third-order valence-electron chi connectivity index (χ3n) is 8.37. The van der Waals surface area contributed by atoms with E-state index in [1.807, 2.05) is 36.6 Å². The molecule has 2 amide bonds.